The predicted octanol–water partition coefficient (Wildman–Crippen LogP) is 5.69. The van der Waals surface area contributed by atoms with Crippen LogP contribution in [0.15, 0.2) is 67.1 Å². The predicted molar refractivity (Wildman–Crippen MR) is 147 cm³/mol. The molecule has 4 aromatic heterocycles. The van der Waals surface area contributed by atoms with E-state index in [1.807, 2.05) is 30.6 Å². The standard InChI is InChI=1S/C26H25N7OS2/c27-18-5-1-2-6-19(18)30-25(34)21-8-10-24(35-21)31-26-29-14-22(36-26)20-13-28-23-9-7-17(16-33(20)23)15-32-11-3-4-12-32/h1-2,5-10,13-14,16H,3-4,11-12,15,27H2,(H,29,31)(H,30,34). The number of nitrogens with one attached hydrogen (secondary N) is 2. The number of fused-ring (bicyclic) bond motifs is 1. The fourth-order valence-electron chi connectivity index (χ4n) is 4.38. The second-order valence-electron chi connectivity index (χ2n) is 8.75. The maximum absolute atomic E-state index is 12.6. The van der Waals surface area contributed by atoms with Crippen molar-refractivity contribution in [1.29, 1.82) is 0 Å². The third-order valence-electron chi connectivity index (χ3n) is 6.20. The number of para-hydroxylation sites is 2. The van der Waals surface area contributed by atoms with E-state index in [0.29, 0.717) is 16.3 Å². The van der Waals surface area contributed by atoms with Crippen molar-refractivity contribution in [2.75, 3.05) is 29.5 Å². The molecule has 1 aromatic carbocycles. The lowest BCUT2D eigenvalue weighted by molar-refractivity contribution is 0.103. The number of nitrogen functional groups attached to an aromatic ring is 1. The van der Waals surface area contributed by atoms with Crippen LogP contribution in [0.25, 0.3) is 16.2 Å². The van der Waals surface area contributed by atoms with Gasteiger partial charge in [0, 0.05) is 18.9 Å². The first-order valence-electron chi connectivity index (χ1n) is 11.8. The van der Waals surface area contributed by atoms with Crippen molar-refractivity contribution in [3.05, 3.63) is 77.6 Å². The molecule has 1 aliphatic heterocycles. The van der Waals surface area contributed by atoms with Crippen molar-refractivity contribution in [2.45, 2.75) is 19.4 Å². The number of aromatic nitrogens is 3. The Kier molecular flexibility index (Phi) is 6.14. The summed E-state index contributed by atoms with van der Waals surface area (Å²) < 4.78 is 2.14. The van der Waals surface area contributed by atoms with Gasteiger partial charge in [-0.2, -0.15) is 0 Å². The highest BCUT2D eigenvalue weighted by Gasteiger charge is 2.15. The molecule has 1 fully saturated rings. The zero-order chi connectivity index (χ0) is 24.5. The molecule has 1 amide bonds. The van der Waals surface area contributed by atoms with Gasteiger partial charge in [0.15, 0.2) is 5.13 Å². The number of imidazole rings is 1. The largest absolute Gasteiger partial charge is 0.397 e. The first kappa shape index (κ1) is 22.7. The first-order valence-corrected chi connectivity index (χ1v) is 13.4. The van der Waals surface area contributed by atoms with E-state index in [-0.39, 0.29) is 5.91 Å². The van der Waals surface area contributed by atoms with Gasteiger partial charge in [-0.1, -0.05) is 29.5 Å². The summed E-state index contributed by atoms with van der Waals surface area (Å²) in [5, 5.41) is 7.79. The zero-order valence-electron chi connectivity index (χ0n) is 19.5. The highest BCUT2D eigenvalue weighted by molar-refractivity contribution is 7.20. The lowest BCUT2D eigenvalue weighted by Crippen LogP contribution is -2.18. The molecule has 0 unspecified atom stereocenters. The van der Waals surface area contributed by atoms with Gasteiger partial charge in [0.25, 0.3) is 5.91 Å². The van der Waals surface area contributed by atoms with Gasteiger partial charge in [0.2, 0.25) is 0 Å². The number of hydrogen-bond acceptors (Lipinski definition) is 8. The molecule has 0 saturated carbocycles. The third-order valence-corrected chi connectivity index (χ3v) is 8.13. The SMILES string of the molecule is Nc1ccccc1NC(=O)c1ccc(Nc2ncc(-c3cnc4ccc(CN5CCCC5)cn34)s2)s1. The lowest BCUT2D eigenvalue weighted by Gasteiger charge is -2.14. The summed E-state index contributed by atoms with van der Waals surface area (Å²) in [7, 11) is 0. The molecule has 182 valence electrons. The maximum Gasteiger partial charge on any atom is 0.265 e. The van der Waals surface area contributed by atoms with E-state index in [4.69, 9.17) is 5.73 Å². The van der Waals surface area contributed by atoms with Crippen LogP contribution >= 0.6 is 22.7 Å². The van der Waals surface area contributed by atoms with Crippen LogP contribution in [0.3, 0.4) is 0 Å². The van der Waals surface area contributed by atoms with Crippen LogP contribution in [0, 0.1) is 0 Å². The number of likely N-dealkylation sites (tertiary alicyclic amines) is 1. The number of hydrogen-bond donors (Lipinski definition) is 3. The molecule has 6 rings (SSSR count). The monoisotopic (exact) mass is 515 g/mol. The van der Waals surface area contributed by atoms with Gasteiger partial charge in [0.05, 0.1) is 38.0 Å². The molecule has 0 spiro atoms. The second-order valence-corrected chi connectivity index (χ2v) is 10.9. The normalized spacial score (nSPS) is 13.9. The van der Waals surface area contributed by atoms with Crippen LogP contribution in [0.4, 0.5) is 21.5 Å². The summed E-state index contributed by atoms with van der Waals surface area (Å²) in [5.74, 6) is -0.193. The highest BCUT2D eigenvalue weighted by atomic mass is 32.1. The molecule has 8 nitrogen and oxygen atoms in total. The fraction of sp³-hybridized carbons (Fsp3) is 0.192. The number of thiophene rings is 1. The Morgan fingerprint density at radius 3 is 2.72 bits per heavy atom. The first-order chi connectivity index (χ1) is 17.6. The Labute approximate surface area is 216 Å². The van der Waals surface area contributed by atoms with E-state index in [9.17, 15) is 4.79 Å². The third kappa shape index (κ3) is 4.70. The Hall–Kier alpha value is -3.73. The molecule has 0 radical (unpaired) electrons. The quantitative estimate of drug-likeness (QED) is 0.241. The molecule has 0 bridgehead atoms. The minimum absolute atomic E-state index is 0.193. The molecule has 1 aliphatic rings. The van der Waals surface area contributed by atoms with E-state index in [2.05, 4.69) is 48.2 Å². The van der Waals surface area contributed by atoms with Gasteiger partial charge in [0.1, 0.15) is 5.65 Å². The van der Waals surface area contributed by atoms with Gasteiger partial charge in [-0.3, -0.25) is 14.1 Å². The van der Waals surface area contributed by atoms with Crippen molar-refractivity contribution >= 4 is 55.7 Å². The topological polar surface area (TPSA) is 101 Å². The number of rotatable bonds is 7. The Balaban J connectivity index is 1.16. The van der Waals surface area contributed by atoms with Crippen molar-refractivity contribution in [1.82, 2.24) is 19.3 Å². The molecule has 36 heavy (non-hydrogen) atoms. The van der Waals surface area contributed by atoms with Crippen LogP contribution in [0.5, 0.6) is 0 Å². The van der Waals surface area contributed by atoms with Crippen molar-refractivity contribution in [3.8, 4) is 10.6 Å². The maximum atomic E-state index is 12.6. The minimum Gasteiger partial charge on any atom is -0.397 e. The van der Waals surface area contributed by atoms with E-state index >= 15 is 0 Å². The van der Waals surface area contributed by atoms with Gasteiger partial charge in [-0.15, -0.1) is 11.3 Å². The number of anilines is 4. The Bertz CT molecular complexity index is 1530. The summed E-state index contributed by atoms with van der Waals surface area (Å²) in [6.45, 7) is 3.31. The van der Waals surface area contributed by atoms with Crippen molar-refractivity contribution in [3.63, 3.8) is 0 Å². The Morgan fingerprint density at radius 2 is 1.86 bits per heavy atom. The van der Waals surface area contributed by atoms with Gasteiger partial charge in [-0.05, 0) is 61.8 Å². The van der Waals surface area contributed by atoms with E-state index in [1.165, 1.54) is 42.8 Å². The fourth-order valence-corrected chi connectivity index (χ4v) is 6.08. The van der Waals surface area contributed by atoms with Crippen LogP contribution in [-0.4, -0.2) is 38.3 Å². The number of pyridine rings is 1. The molecule has 0 atom stereocenters. The molecule has 0 aliphatic carbocycles. The van der Waals surface area contributed by atoms with Crippen LogP contribution < -0.4 is 16.4 Å². The highest BCUT2D eigenvalue weighted by Crippen LogP contribution is 2.33. The summed E-state index contributed by atoms with van der Waals surface area (Å²) in [5.41, 5.74) is 10.3. The van der Waals surface area contributed by atoms with E-state index in [1.54, 1.807) is 29.5 Å². The van der Waals surface area contributed by atoms with Crippen molar-refractivity contribution in [2.24, 2.45) is 0 Å². The zero-order valence-corrected chi connectivity index (χ0v) is 21.1. The number of nitrogens with two attached hydrogens (primary N) is 1. The number of carbonyl (C=O) groups excluding carboxylic acids is 1. The second kappa shape index (κ2) is 9.73. The van der Waals surface area contributed by atoms with Crippen LogP contribution in [-0.2, 0) is 6.54 Å². The average Bonchev–Trinajstić information content (AvgIpc) is 3.68. The molecular weight excluding hydrogens is 490 g/mol. The number of thiazole rings is 1. The lowest BCUT2D eigenvalue weighted by atomic mass is 10.2. The smallest absolute Gasteiger partial charge is 0.265 e. The molecule has 4 N–H and O–H groups in total. The van der Waals surface area contributed by atoms with Gasteiger partial charge < -0.3 is 16.4 Å². The van der Waals surface area contributed by atoms with E-state index in [0.717, 1.165) is 32.9 Å². The number of nitrogens with zero attached hydrogens (tertiary/aromatic N) is 4. The summed E-state index contributed by atoms with van der Waals surface area (Å²) >= 11 is 2.93. The van der Waals surface area contributed by atoms with Gasteiger partial charge in [-0.25, -0.2) is 9.97 Å². The van der Waals surface area contributed by atoms with E-state index < -0.39 is 0 Å². The molecule has 5 aromatic rings. The number of amides is 1. The summed E-state index contributed by atoms with van der Waals surface area (Å²) in [4.78, 5) is 25.9. The minimum atomic E-state index is -0.193. The number of carbonyl (C=O) groups is 1. The molecule has 5 heterocycles. The molecule has 10 heteroatoms. The molecular formula is C26H25N7OS2. The number of benzene rings is 1. The summed E-state index contributed by atoms with van der Waals surface area (Å²) in [6.07, 6.45) is 8.52. The average molecular weight is 516 g/mol. The van der Waals surface area contributed by atoms with Crippen LogP contribution in [0.2, 0.25) is 0 Å². The van der Waals surface area contributed by atoms with Crippen LogP contribution in [0.1, 0.15) is 28.1 Å². The Morgan fingerprint density at radius 1 is 1.00 bits per heavy atom. The van der Waals surface area contributed by atoms with Crippen molar-refractivity contribution < 1.29 is 4.79 Å². The molecule has 1 saturated heterocycles. The summed E-state index contributed by atoms with van der Waals surface area (Å²) in [6, 6.07) is 15.1. The van der Waals surface area contributed by atoms with Gasteiger partial charge >= 0.3 is 0 Å².